The van der Waals surface area contributed by atoms with E-state index in [1.54, 1.807) is 36.3 Å². The van der Waals surface area contributed by atoms with Crippen LogP contribution in [0.4, 0.5) is 11.4 Å². The summed E-state index contributed by atoms with van der Waals surface area (Å²) in [5.41, 5.74) is 2.69. The summed E-state index contributed by atoms with van der Waals surface area (Å²) in [5.74, 6) is 0.195. The quantitative estimate of drug-likeness (QED) is 0.697. The molecule has 1 heterocycles. The van der Waals surface area contributed by atoms with Gasteiger partial charge in [0.2, 0.25) is 5.91 Å². The van der Waals surface area contributed by atoms with Crippen LogP contribution in [0.2, 0.25) is 0 Å². The van der Waals surface area contributed by atoms with Crippen LogP contribution in [0.5, 0.6) is 5.75 Å². The molecule has 7 nitrogen and oxygen atoms in total. The lowest BCUT2D eigenvalue weighted by molar-refractivity contribution is -0.114. The number of para-hydroxylation sites is 1. The Kier molecular flexibility index (Phi) is 6.72. The number of hydrogen-bond donors (Lipinski definition) is 3. The van der Waals surface area contributed by atoms with Crippen LogP contribution in [0.1, 0.15) is 28.8 Å². The summed E-state index contributed by atoms with van der Waals surface area (Å²) >= 11 is 0. The van der Waals surface area contributed by atoms with E-state index >= 15 is 0 Å². The van der Waals surface area contributed by atoms with E-state index in [-0.39, 0.29) is 18.4 Å². The van der Waals surface area contributed by atoms with Gasteiger partial charge in [0.25, 0.3) is 5.91 Å². The summed E-state index contributed by atoms with van der Waals surface area (Å²) in [6.45, 7) is 2.90. The number of anilines is 2. The van der Waals surface area contributed by atoms with E-state index in [9.17, 15) is 14.7 Å². The van der Waals surface area contributed by atoms with Crippen molar-refractivity contribution in [2.75, 3.05) is 37.4 Å². The van der Waals surface area contributed by atoms with Gasteiger partial charge < -0.3 is 25.4 Å². The first kappa shape index (κ1) is 20.7. The molecule has 2 aromatic rings. The minimum absolute atomic E-state index is 0.00398. The van der Waals surface area contributed by atoms with Gasteiger partial charge >= 0.3 is 0 Å². The molecule has 3 rings (SSSR count). The van der Waals surface area contributed by atoms with Crippen molar-refractivity contribution in [1.82, 2.24) is 4.90 Å². The van der Waals surface area contributed by atoms with Gasteiger partial charge in [0.05, 0.1) is 31.0 Å². The number of rotatable bonds is 6. The second kappa shape index (κ2) is 9.43. The monoisotopic (exact) mass is 397 g/mol. The third kappa shape index (κ3) is 5.26. The number of methoxy groups -OCH3 is 1. The largest absolute Gasteiger partial charge is 0.495 e. The van der Waals surface area contributed by atoms with Gasteiger partial charge in [-0.15, -0.1) is 0 Å². The predicted octanol–water partition coefficient (Wildman–Crippen LogP) is 2.65. The van der Waals surface area contributed by atoms with E-state index in [1.165, 1.54) is 0 Å². The molecule has 3 N–H and O–H groups in total. The number of aliphatic hydroxyl groups is 1. The maximum absolute atomic E-state index is 12.9. The first-order valence-corrected chi connectivity index (χ1v) is 9.72. The molecule has 1 aliphatic rings. The summed E-state index contributed by atoms with van der Waals surface area (Å²) in [6, 6.07) is 12.7. The predicted molar refractivity (Wildman–Crippen MR) is 112 cm³/mol. The molecule has 29 heavy (non-hydrogen) atoms. The summed E-state index contributed by atoms with van der Waals surface area (Å²) in [6.07, 6.45) is 1.01. The molecule has 7 heteroatoms. The van der Waals surface area contributed by atoms with Crippen molar-refractivity contribution in [3.05, 3.63) is 53.6 Å². The second-order valence-corrected chi connectivity index (χ2v) is 7.20. The van der Waals surface area contributed by atoms with Crippen molar-refractivity contribution in [3.63, 3.8) is 0 Å². The maximum Gasteiger partial charge on any atom is 0.256 e. The fraction of sp³-hybridized carbons (Fsp3) is 0.364. The van der Waals surface area contributed by atoms with Crippen LogP contribution in [0.15, 0.2) is 42.5 Å². The lowest BCUT2D eigenvalue weighted by Crippen LogP contribution is -2.42. The van der Waals surface area contributed by atoms with Crippen molar-refractivity contribution >= 4 is 23.2 Å². The number of benzene rings is 2. The summed E-state index contributed by atoms with van der Waals surface area (Å²) in [5, 5.41) is 15.7. The third-order valence-corrected chi connectivity index (χ3v) is 4.91. The summed E-state index contributed by atoms with van der Waals surface area (Å²) in [7, 11) is 1.55. The lowest BCUT2D eigenvalue weighted by atomic mass is 10.1. The Balaban J connectivity index is 1.66. The molecule has 0 unspecified atom stereocenters. The highest BCUT2D eigenvalue weighted by molar-refractivity contribution is 6.01. The van der Waals surface area contributed by atoms with Crippen LogP contribution >= 0.6 is 0 Å². The molecule has 1 saturated heterocycles. The number of nitrogens with zero attached hydrogens (tertiary/aromatic N) is 1. The number of piperidine rings is 1. The number of ether oxygens (including phenoxy) is 1. The highest BCUT2D eigenvalue weighted by Crippen LogP contribution is 2.25. The smallest absolute Gasteiger partial charge is 0.256 e. The average Bonchev–Trinajstić information content (AvgIpc) is 2.72. The molecule has 0 spiro atoms. The lowest BCUT2D eigenvalue weighted by Gasteiger charge is -2.30. The number of aliphatic hydroxyl groups excluding tert-OH is 1. The van der Waals surface area contributed by atoms with Gasteiger partial charge in [0, 0.05) is 18.8 Å². The molecule has 1 fully saturated rings. The Hall–Kier alpha value is -3.06. The molecular formula is C22H27N3O4. The molecule has 1 aliphatic heterocycles. The van der Waals surface area contributed by atoms with Crippen molar-refractivity contribution in [1.29, 1.82) is 0 Å². The molecule has 0 aliphatic carbocycles. The Morgan fingerprint density at radius 3 is 2.76 bits per heavy atom. The average molecular weight is 397 g/mol. The number of hydrogen-bond acceptors (Lipinski definition) is 5. The van der Waals surface area contributed by atoms with Gasteiger partial charge in [-0.1, -0.05) is 18.2 Å². The Bertz CT molecular complexity index is 884. The molecule has 0 radical (unpaired) electrons. The molecule has 0 bridgehead atoms. The number of carbonyl (C=O) groups is 2. The number of β-amino-alcohol motifs (C(OH)–C–C–N with tert-alkyl or cyclic N) is 1. The van der Waals surface area contributed by atoms with Gasteiger partial charge in [0.15, 0.2) is 0 Å². The van der Waals surface area contributed by atoms with Gasteiger partial charge in [-0.05, 0) is 49.6 Å². The number of nitrogens with one attached hydrogen (secondary N) is 2. The van der Waals surface area contributed by atoms with Crippen LogP contribution in [-0.2, 0) is 4.79 Å². The van der Waals surface area contributed by atoms with Crippen molar-refractivity contribution in [3.8, 4) is 5.75 Å². The van der Waals surface area contributed by atoms with E-state index in [4.69, 9.17) is 4.74 Å². The van der Waals surface area contributed by atoms with Gasteiger partial charge in [-0.2, -0.15) is 0 Å². The molecule has 2 aromatic carbocycles. The van der Waals surface area contributed by atoms with Crippen LogP contribution < -0.4 is 15.4 Å². The summed E-state index contributed by atoms with van der Waals surface area (Å²) in [4.78, 5) is 27.0. The fourth-order valence-corrected chi connectivity index (χ4v) is 3.42. The topological polar surface area (TPSA) is 90.9 Å². The van der Waals surface area contributed by atoms with Crippen LogP contribution in [-0.4, -0.2) is 54.7 Å². The zero-order valence-corrected chi connectivity index (χ0v) is 16.8. The van der Waals surface area contributed by atoms with Crippen molar-refractivity contribution in [2.45, 2.75) is 25.9 Å². The molecule has 154 valence electrons. The zero-order chi connectivity index (χ0) is 20.8. The van der Waals surface area contributed by atoms with Crippen LogP contribution in [0.25, 0.3) is 0 Å². The van der Waals surface area contributed by atoms with Gasteiger partial charge in [0.1, 0.15) is 5.75 Å². The van der Waals surface area contributed by atoms with E-state index < -0.39 is 6.10 Å². The Morgan fingerprint density at radius 1 is 1.21 bits per heavy atom. The fourth-order valence-electron chi connectivity index (χ4n) is 3.42. The van der Waals surface area contributed by atoms with E-state index in [2.05, 4.69) is 10.6 Å². The number of carbonyl (C=O) groups excluding carboxylic acids is 2. The van der Waals surface area contributed by atoms with E-state index in [0.717, 1.165) is 12.0 Å². The molecule has 1 atom stereocenters. The highest BCUT2D eigenvalue weighted by Gasteiger charge is 2.24. The van der Waals surface area contributed by atoms with E-state index in [0.29, 0.717) is 42.2 Å². The summed E-state index contributed by atoms with van der Waals surface area (Å²) < 4.78 is 5.28. The number of likely N-dealkylation sites (tertiary alicyclic amines) is 1. The Labute approximate surface area is 170 Å². The SMILES string of the molecule is COc1ccc(C)cc1NC(=O)CNc1ccccc1C(=O)N1CCC[C@H](O)C1. The van der Waals surface area contributed by atoms with E-state index in [1.807, 2.05) is 25.1 Å². The first-order chi connectivity index (χ1) is 14.0. The van der Waals surface area contributed by atoms with Crippen molar-refractivity contribution < 1.29 is 19.4 Å². The van der Waals surface area contributed by atoms with Crippen LogP contribution in [0, 0.1) is 6.92 Å². The molecular weight excluding hydrogens is 370 g/mol. The number of amides is 2. The standard InChI is InChI=1S/C22H27N3O4/c1-15-9-10-20(29-2)19(12-15)24-21(27)13-23-18-8-4-3-7-17(18)22(28)25-11-5-6-16(26)14-25/h3-4,7-10,12,16,23,26H,5-6,11,13-14H2,1-2H3,(H,24,27)/t16-/m0/s1. The molecule has 0 aromatic heterocycles. The maximum atomic E-state index is 12.9. The number of aryl methyl sites for hydroxylation is 1. The third-order valence-electron chi connectivity index (χ3n) is 4.91. The second-order valence-electron chi connectivity index (χ2n) is 7.20. The highest BCUT2D eigenvalue weighted by atomic mass is 16.5. The van der Waals surface area contributed by atoms with Crippen molar-refractivity contribution in [2.24, 2.45) is 0 Å². The zero-order valence-electron chi connectivity index (χ0n) is 16.8. The minimum Gasteiger partial charge on any atom is -0.495 e. The minimum atomic E-state index is -0.483. The Morgan fingerprint density at radius 2 is 2.00 bits per heavy atom. The van der Waals surface area contributed by atoms with Gasteiger partial charge in [-0.3, -0.25) is 9.59 Å². The van der Waals surface area contributed by atoms with Gasteiger partial charge in [-0.25, -0.2) is 0 Å². The normalized spacial score (nSPS) is 16.2. The van der Waals surface area contributed by atoms with Crippen LogP contribution in [0.3, 0.4) is 0 Å². The first-order valence-electron chi connectivity index (χ1n) is 9.72. The molecule has 2 amide bonds. The molecule has 0 saturated carbocycles.